The van der Waals surface area contributed by atoms with Crippen molar-refractivity contribution in [2.24, 2.45) is 0 Å². The molecule has 0 amide bonds. The highest BCUT2D eigenvalue weighted by Gasteiger charge is 2.23. The molecular weight excluding hydrogens is 258 g/mol. The number of nitrogen functional groups attached to an aromatic ring is 1. The largest absolute Gasteiger partial charge is 0.384 e. The van der Waals surface area contributed by atoms with E-state index in [2.05, 4.69) is 26.7 Å². The number of hydrogen-bond acceptors (Lipinski definition) is 5. The Morgan fingerprint density at radius 2 is 2.37 bits per heavy atom. The number of hydrogen-bond donors (Lipinski definition) is 1. The average Bonchev–Trinajstić information content (AvgIpc) is 2.92. The first-order valence-electron chi connectivity index (χ1n) is 6.39. The van der Waals surface area contributed by atoms with Crippen molar-refractivity contribution in [1.29, 1.82) is 0 Å². The molecule has 2 aromatic heterocycles. The summed E-state index contributed by atoms with van der Waals surface area (Å²) in [5, 5.41) is 4.32. The molecule has 3 heterocycles. The van der Waals surface area contributed by atoms with Crippen LogP contribution in [0.2, 0.25) is 0 Å². The van der Waals surface area contributed by atoms with Crippen LogP contribution in [0.5, 0.6) is 0 Å². The standard InChI is InChI=1S/C14H17N3OS/c15-14-3-1-2-12(16-14)13-9-17(5-6-18-13)8-11-4-7-19-10-11/h1-4,7,10,13H,5-6,8-9H2,(H2,15,16)/t13-/m0/s1. The van der Waals surface area contributed by atoms with Crippen LogP contribution in [-0.2, 0) is 11.3 Å². The van der Waals surface area contributed by atoms with E-state index in [-0.39, 0.29) is 6.10 Å². The topological polar surface area (TPSA) is 51.4 Å². The quantitative estimate of drug-likeness (QED) is 0.934. The predicted octanol–water partition coefficient (Wildman–Crippen LogP) is 2.30. The first-order chi connectivity index (χ1) is 9.31. The van der Waals surface area contributed by atoms with Crippen LogP contribution in [0.1, 0.15) is 17.4 Å². The number of nitrogens with two attached hydrogens (primary N) is 1. The van der Waals surface area contributed by atoms with Crippen LogP contribution in [0, 0.1) is 0 Å². The maximum Gasteiger partial charge on any atom is 0.123 e. The molecule has 5 heteroatoms. The zero-order chi connectivity index (χ0) is 13.1. The maximum atomic E-state index is 5.81. The van der Waals surface area contributed by atoms with Gasteiger partial charge in [0, 0.05) is 19.6 Å². The zero-order valence-electron chi connectivity index (χ0n) is 10.7. The van der Waals surface area contributed by atoms with Crippen LogP contribution in [0.3, 0.4) is 0 Å². The lowest BCUT2D eigenvalue weighted by atomic mass is 10.1. The van der Waals surface area contributed by atoms with Gasteiger partial charge in [-0.3, -0.25) is 4.90 Å². The molecule has 0 saturated carbocycles. The van der Waals surface area contributed by atoms with E-state index in [1.807, 2.05) is 12.1 Å². The molecule has 4 nitrogen and oxygen atoms in total. The van der Waals surface area contributed by atoms with Crippen LogP contribution >= 0.6 is 11.3 Å². The maximum absolute atomic E-state index is 5.81. The van der Waals surface area contributed by atoms with Gasteiger partial charge in [0.25, 0.3) is 0 Å². The number of rotatable bonds is 3. The second-order valence-electron chi connectivity index (χ2n) is 4.71. The number of anilines is 1. The lowest BCUT2D eigenvalue weighted by Gasteiger charge is -2.32. The van der Waals surface area contributed by atoms with Gasteiger partial charge in [-0.2, -0.15) is 11.3 Å². The Morgan fingerprint density at radius 1 is 1.42 bits per heavy atom. The molecule has 1 aliphatic heterocycles. The molecule has 2 aromatic rings. The average molecular weight is 275 g/mol. The molecule has 1 aliphatic rings. The molecule has 0 aliphatic carbocycles. The van der Waals surface area contributed by atoms with Gasteiger partial charge in [0.1, 0.15) is 11.9 Å². The smallest absolute Gasteiger partial charge is 0.123 e. The van der Waals surface area contributed by atoms with Crippen LogP contribution in [0.15, 0.2) is 35.0 Å². The molecule has 1 atom stereocenters. The van der Waals surface area contributed by atoms with E-state index in [1.165, 1.54) is 5.56 Å². The summed E-state index contributed by atoms with van der Waals surface area (Å²) in [6.45, 7) is 3.55. The van der Waals surface area contributed by atoms with E-state index >= 15 is 0 Å². The normalized spacial score (nSPS) is 20.5. The Labute approximate surface area is 116 Å². The van der Waals surface area contributed by atoms with Crippen molar-refractivity contribution in [3.05, 3.63) is 46.3 Å². The lowest BCUT2D eigenvalue weighted by molar-refractivity contribution is -0.0348. The molecule has 0 unspecified atom stereocenters. The van der Waals surface area contributed by atoms with E-state index in [0.717, 1.165) is 31.9 Å². The first-order valence-corrected chi connectivity index (χ1v) is 7.33. The van der Waals surface area contributed by atoms with Gasteiger partial charge in [-0.25, -0.2) is 4.98 Å². The summed E-state index contributed by atoms with van der Waals surface area (Å²) in [4.78, 5) is 6.76. The predicted molar refractivity (Wildman–Crippen MR) is 76.9 cm³/mol. The number of pyridine rings is 1. The van der Waals surface area contributed by atoms with Crippen molar-refractivity contribution in [2.45, 2.75) is 12.6 Å². The fourth-order valence-electron chi connectivity index (χ4n) is 2.31. The number of aromatic nitrogens is 1. The fourth-order valence-corrected chi connectivity index (χ4v) is 2.97. The SMILES string of the molecule is Nc1cccc([C@@H]2CN(Cc3ccsc3)CCO2)n1. The van der Waals surface area contributed by atoms with Crippen molar-refractivity contribution >= 4 is 17.2 Å². The molecule has 19 heavy (non-hydrogen) atoms. The van der Waals surface area contributed by atoms with Crippen LogP contribution in [0.25, 0.3) is 0 Å². The Balaban J connectivity index is 1.67. The van der Waals surface area contributed by atoms with Gasteiger partial charge in [0.2, 0.25) is 0 Å². The third-order valence-electron chi connectivity index (χ3n) is 3.26. The molecule has 0 aromatic carbocycles. The summed E-state index contributed by atoms with van der Waals surface area (Å²) in [6.07, 6.45) is 0.0240. The number of morpholine rings is 1. The molecular formula is C14H17N3OS. The van der Waals surface area contributed by atoms with Crippen LogP contribution in [-0.4, -0.2) is 29.6 Å². The van der Waals surface area contributed by atoms with Crippen LogP contribution in [0.4, 0.5) is 5.82 Å². The molecule has 0 radical (unpaired) electrons. The Morgan fingerprint density at radius 3 is 3.16 bits per heavy atom. The summed E-state index contributed by atoms with van der Waals surface area (Å²) in [6, 6.07) is 7.89. The van der Waals surface area contributed by atoms with Gasteiger partial charge in [0.15, 0.2) is 0 Å². The highest BCUT2D eigenvalue weighted by atomic mass is 32.1. The molecule has 3 rings (SSSR count). The summed E-state index contributed by atoms with van der Waals surface area (Å²) in [5.41, 5.74) is 8.02. The van der Waals surface area contributed by atoms with Crippen molar-refractivity contribution in [3.8, 4) is 0 Å². The molecule has 1 saturated heterocycles. The Hall–Kier alpha value is -1.43. The van der Waals surface area contributed by atoms with E-state index < -0.39 is 0 Å². The summed E-state index contributed by atoms with van der Waals surface area (Å²) in [7, 11) is 0. The second kappa shape index (κ2) is 5.69. The fraction of sp³-hybridized carbons (Fsp3) is 0.357. The Kier molecular flexibility index (Phi) is 3.77. The van der Waals surface area contributed by atoms with Crippen molar-refractivity contribution in [2.75, 3.05) is 25.4 Å². The first kappa shape index (κ1) is 12.6. The minimum atomic E-state index is 0.0240. The van der Waals surface area contributed by atoms with E-state index in [4.69, 9.17) is 10.5 Å². The second-order valence-corrected chi connectivity index (χ2v) is 5.49. The number of nitrogens with zero attached hydrogens (tertiary/aromatic N) is 2. The third kappa shape index (κ3) is 3.12. The van der Waals surface area contributed by atoms with Gasteiger partial charge in [0.05, 0.1) is 12.3 Å². The monoisotopic (exact) mass is 275 g/mol. The minimum Gasteiger partial charge on any atom is -0.384 e. The molecule has 2 N–H and O–H groups in total. The molecule has 1 fully saturated rings. The number of ether oxygens (including phenoxy) is 1. The summed E-state index contributed by atoms with van der Waals surface area (Å²) >= 11 is 1.74. The van der Waals surface area contributed by atoms with Gasteiger partial charge >= 0.3 is 0 Å². The molecule has 0 spiro atoms. The van der Waals surface area contributed by atoms with Gasteiger partial charge in [-0.05, 0) is 34.5 Å². The zero-order valence-corrected chi connectivity index (χ0v) is 11.5. The van der Waals surface area contributed by atoms with Crippen molar-refractivity contribution < 1.29 is 4.74 Å². The van der Waals surface area contributed by atoms with Crippen LogP contribution < -0.4 is 5.73 Å². The van der Waals surface area contributed by atoms with Gasteiger partial charge in [-0.15, -0.1) is 0 Å². The van der Waals surface area contributed by atoms with E-state index in [1.54, 1.807) is 17.4 Å². The Bertz CT molecular complexity index is 529. The van der Waals surface area contributed by atoms with Gasteiger partial charge < -0.3 is 10.5 Å². The highest BCUT2D eigenvalue weighted by Crippen LogP contribution is 2.22. The number of thiophene rings is 1. The lowest BCUT2D eigenvalue weighted by Crippen LogP contribution is -2.38. The minimum absolute atomic E-state index is 0.0240. The third-order valence-corrected chi connectivity index (χ3v) is 3.99. The summed E-state index contributed by atoms with van der Waals surface area (Å²) in [5.74, 6) is 0.552. The van der Waals surface area contributed by atoms with E-state index in [0.29, 0.717) is 5.82 Å². The molecule has 100 valence electrons. The molecule has 0 bridgehead atoms. The van der Waals surface area contributed by atoms with Crippen molar-refractivity contribution in [1.82, 2.24) is 9.88 Å². The summed E-state index contributed by atoms with van der Waals surface area (Å²) < 4.78 is 5.81. The van der Waals surface area contributed by atoms with E-state index in [9.17, 15) is 0 Å². The highest BCUT2D eigenvalue weighted by molar-refractivity contribution is 7.07. The van der Waals surface area contributed by atoms with Gasteiger partial charge in [-0.1, -0.05) is 6.07 Å². The van der Waals surface area contributed by atoms with Crippen molar-refractivity contribution in [3.63, 3.8) is 0 Å².